The number of nitrogens with two attached hydrogens (primary N) is 1. The molecule has 4 unspecified atom stereocenters. The van der Waals surface area contributed by atoms with Crippen molar-refractivity contribution in [1.29, 1.82) is 0 Å². The van der Waals surface area contributed by atoms with Gasteiger partial charge in [-0.2, -0.15) is 0 Å². The van der Waals surface area contributed by atoms with Crippen molar-refractivity contribution >= 4 is 23.6 Å². The average molecular weight is 426 g/mol. The van der Waals surface area contributed by atoms with Crippen LogP contribution < -0.4 is 21.8 Å². The van der Waals surface area contributed by atoms with Gasteiger partial charge in [-0.3, -0.25) is 24.2 Å². The number of nitrogens with zero attached hydrogens (tertiary/aromatic N) is 1. The summed E-state index contributed by atoms with van der Waals surface area (Å²) >= 11 is 0. The minimum atomic E-state index is -1.02. The summed E-state index contributed by atoms with van der Waals surface area (Å²) in [6, 6.07) is -2.38. The van der Waals surface area contributed by atoms with E-state index >= 15 is 0 Å². The fourth-order valence-corrected chi connectivity index (χ4v) is 3.13. The van der Waals surface area contributed by atoms with Crippen LogP contribution in [0, 0.1) is 11.3 Å². The Morgan fingerprint density at radius 3 is 2.43 bits per heavy atom. The molecule has 10 heteroatoms. The van der Waals surface area contributed by atoms with Crippen LogP contribution in [0.3, 0.4) is 0 Å². The molecule has 1 aliphatic heterocycles. The number of primary amides is 1. The summed E-state index contributed by atoms with van der Waals surface area (Å²) in [7, 11) is 0. The van der Waals surface area contributed by atoms with E-state index in [-0.39, 0.29) is 18.9 Å². The summed E-state index contributed by atoms with van der Waals surface area (Å²) in [6.07, 6.45) is 2.77. The zero-order valence-electron chi connectivity index (χ0n) is 18.2. The van der Waals surface area contributed by atoms with E-state index in [4.69, 9.17) is 5.73 Å². The van der Waals surface area contributed by atoms with Crippen molar-refractivity contribution in [1.82, 2.24) is 21.1 Å². The molecule has 1 fully saturated rings. The molecule has 1 saturated heterocycles. The number of amides is 4. The second-order valence-electron chi connectivity index (χ2n) is 8.24. The monoisotopic (exact) mass is 425 g/mol. The lowest BCUT2D eigenvalue weighted by molar-refractivity contribution is -0.143. The topological polar surface area (TPSA) is 154 Å². The van der Waals surface area contributed by atoms with E-state index in [0.29, 0.717) is 19.4 Å². The van der Waals surface area contributed by atoms with Gasteiger partial charge >= 0.3 is 0 Å². The lowest BCUT2D eigenvalue weighted by Crippen LogP contribution is -2.61. The standard InChI is InChI=1S/C20H35N5O5/c1-6-20(5,9-11-26)19(30)23-15(12(2)3)17(28)22-13(4)18(29)25-10-7-8-14(24-25)16(21)27/h6,12-15,24,26H,1,7-11H2,2-5H3,(H2,21,27)(H,22,28)(H,23,30). The van der Waals surface area contributed by atoms with E-state index in [1.807, 2.05) is 0 Å². The number of hydrazine groups is 1. The largest absolute Gasteiger partial charge is 0.396 e. The van der Waals surface area contributed by atoms with Crippen LogP contribution in [-0.2, 0) is 19.2 Å². The molecule has 10 nitrogen and oxygen atoms in total. The molecule has 0 spiro atoms. The maximum atomic E-state index is 12.8. The number of nitrogens with one attached hydrogen (secondary N) is 3. The maximum Gasteiger partial charge on any atom is 0.258 e. The third-order valence-corrected chi connectivity index (χ3v) is 5.36. The minimum absolute atomic E-state index is 0.172. The molecule has 0 aromatic carbocycles. The normalized spacial score (nSPS) is 20.6. The highest BCUT2D eigenvalue weighted by Crippen LogP contribution is 2.23. The number of carbonyl (C=O) groups excluding carboxylic acids is 4. The predicted molar refractivity (Wildman–Crippen MR) is 111 cm³/mol. The van der Waals surface area contributed by atoms with Crippen LogP contribution in [0.25, 0.3) is 0 Å². The van der Waals surface area contributed by atoms with Gasteiger partial charge in [0.25, 0.3) is 5.91 Å². The molecule has 0 aromatic rings. The van der Waals surface area contributed by atoms with E-state index in [1.54, 1.807) is 20.8 Å². The highest BCUT2D eigenvalue weighted by molar-refractivity contribution is 5.93. The molecule has 6 N–H and O–H groups in total. The SMILES string of the molecule is C=CC(C)(CCO)C(=O)NC(C(=O)NC(C)C(=O)N1CCCC(C(N)=O)N1)C(C)C. The third-order valence-electron chi connectivity index (χ3n) is 5.36. The molecule has 30 heavy (non-hydrogen) atoms. The molecule has 0 aromatic heterocycles. The van der Waals surface area contributed by atoms with Crippen LogP contribution in [0.1, 0.15) is 47.0 Å². The van der Waals surface area contributed by atoms with Crippen molar-refractivity contribution in [3.8, 4) is 0 Å². The first-order valence-electron chi connectivity index (χ1n) is 10.2. The fraction of sp³-hybridized carbons (Fsp3) is 0.700. The van der Waals surface area contributed by atoms with Crippen LogP contribution in [0.4, 0.5) is 0 Å². The van der Waals surface area contributed by atoms with Gasteiger partial charge in [0.1, 0.15) is 18.1 Å². The molecule has 170 valence electrons. The van der Waals surface area contributed by atoms with Gasteiger partial charge in [-0.15, -0.1) is 6.58 Å². The Balaban J connectivity index is 2.80. The van der Waals surface area contributed by atoms with E-state index in [9.17, 15) is 24.3 Å². The zero-order valence-corrected chi connectivity index (χ0v) is 18.2. The molecule has 0 aliphatic carbocycles. The summed E-state index contributed by atoms with van der Waals surface area (Å²) in [6.45, 7) is 10.6. The maximum absolute atomic E-state index is 12.8. The van der Waals surface area contributed by atoms with Gasteiger partial charge in [0.2, 0.25) is 17.7 Å². The Morgan fingerprint density at radius 1 is 1.30 bits per heavy atom. The summed E-state index contributed by atoms with van der Waals surface area (Å²) in [5, 5.41) is 15.8. The minimum Gasteiger partial charge on any atom is -0.396 e. The van der Waals surface area contributed by atoms with Crippen molar-refractivity contribution in [2.45, 2.75) is 65.1 Å². The van der Waals surface area contributed by atoms with Gasteiger partial charge in [0, 0.05) is 13.2 Å². The Morgan fingerprint density at radius 2 is 1.93 bits per heavy atom. The molecule has 1 rings (SSSR count). The molecule has 1 heterocycles. The molecular formula is C20H35N5O5. The molecule has 0 saturated carbocycles. The van der Waals surface area contributed by atoms with Gasteiger partial charge < -0.3 is 21.5 Å². The van der Waals surface area contributed by atoms with Gasteiger partial charge in [-0.1, -0.05) is 19.9 Å². The van der Waals surface area contributed by atoms with Crippen molar-refractivity contribution in [3.05, 3.63) is 12.7 Å². The highest BCUT2D eigenvalue weighted by atomic mass is 16.3. The quantitative estimate of drug-likeness (QED) is 0.288. The number of carbonyl (C=O) groups is 4. The highest BCUT2D eigenvalue weighted by Gasteiger charge is 2.35. The summed E-state index contributed by atoms with van der Waals surface area (Å²) in [5.74, 6) is -2.12. The first-order valence-corrected chi connectivity index (χ1v) is 10.2. The van der Waals surface area contributed by atoms with Gasteiger partial charge in [0.05, 0.1) is 5.41 Å². The second kappa shape index (κ2) is 11.1. The number of hydrogen-bond acceptors (Lipinski definition) is 6. The first kappa shape index (κ1) is 25.6. The van der Waals surface area contributed by atoms with Crippen LogP contribution in [0.2, 0.25) is 0 Å². The number of aliphatic hydroxyl groups is 1. The molecule has 0 radical (unpaired) electrons. The van der Waals surface area contributed by atoms with Gasteiger partial charge in [-0.25, -0.2) is 5.43 Å². The molecular weight excluding hydrogens is 390 g/mol. The van der Waals surface area contributed by atoms with Gasteiger partial charge in [0.15, 0.2) is 0 Å². The molecule has 1 aliphatic rings. The summed E-state index contributed by atoms with van der Waals surface area (Å²) < 4.78 is 0. The molecule has 4 amide bonds. The lowest BCUT2D eigenvalue weighted by Gasteiger charge is -2.34. The van der Waals surface area contributed by atoms with Crippen molar-refractivity contribution in [2.24, 2.45) is 17.1 Å². The van der Waals surface area contributed by atoms with E-state index in [0.717, 1.165) is 0 Å². The summed E-state index contributed by atoms with van der Waals surface area (Å²) in [5.41, 5.74) is 7.07. The zero-order chi connectivity index (χ0) is 23.1. The molecule has 4 atom stereocenters. The van der Waals surface area contributed by atoms with Crippen molar-refractivity contribution < 1.29 is 24.3 Å². The average Bonchev–Trinajstić information content (AvgIpc) is 2.70. The third kappa shape index (κ3) is 6.53. The van der Waals surface area contributed by atoms with E-state index < -0.39 is 47.2 Å². The van der Waals surface area contributed by atoms with Crippen LogP contribution in [-0.4, -0.2) is 65.0 Å². The van der Waals surface area contributed by atoms with Crippen LogP contribution in [0.5, 0.6) is 0 Å². The van der Waals surface area contributed by atoms with Crippen LogP contribution in [0.15, 0.2) is 12.7 Å². The first-order chi connectivity index (χ1) is 14.0. The van der Waals surface area contributed by atoms with E-state index in [1.165, 1.54) is 18.0 Å². The smallest absolute Gasteiger partial charge is 0.258 e. The summed E-state index contributed by atoms with van der Waals surface area (Å²) in [4.78, 5) is 49.5. The van der Waals surface area contributed by atoms with Gasteiger partial charge in [-0.05, 0) is 39.0 Å². The predicted octanol–water partition coefficient (Wildman–Crippen LogP) is -0.812. The Hall–Kier alpha value is -2.46. The lowest BCUT2D eigenvalue weighted by atomic mass is 9.85. The number of rotatable bonds is 10. The number of aliphatic hydroxyl groups excluding tert-OH is 1. The molecule has 0 bridgehead atoms. The Kier molecular flexibility index (Phi) is 9.44. The van der Waals surface area contributed by atoms with Crippen LogP contribution >= 0.6 is 0 Å². The van der Waals surface area contributed by atoms with E-state index in [2.05, 4.69) is 22.6 Å². The van der Waals surface area contributed by atoms with Crippen molar-refractivity contribution in [2.75, 3.05) is 13.2 Å². The Bertz CT molecular complexity index is 668. The van der Waals surface area contributed by atoms with Crippen molar-refractivity contribution in [3.63, 3.8) is 0 Å². The second-order valence-corrected chi connectivity index (χ2v) is 8.24. The fourth-order valence-electron chi connectivity index (χ4n) is 3.13. The Labute approximate surface area is 177 Å². The number of hydrogen-bond donors (Lipinski definition) is 5.